The zero-order valence-corrected chi connectivity index (χ0v) is 11.4. The third-order valence-electron chi connectivity index (χ3n) is 2.59. The Hall–Kier alpha value is -1.87. The number of nitrogens with zero attached hydrogens (tertiary/aromatic N) is 3. The highest BCUT2D eigenvalue weighted by Gasteiger charge is 2.23. The first-order valence-corrected chi connectivity index (χ1v) is 7.30. The second-order valence-corrected chi connectivity index (χ2v) is 5.58. The van der Waals surface area contributed by atoms with Crippen LogP contribution in [0, 0.1) is 11.6 Å². The van der Waals surface area contributed by atoms with Crippen LogP contribution >= 0.6 is 0 Å². The molecular weight excluding hydrogens is 290 g/mol. The topological polar surface area (TPSA) is 90.9 Å². The minimum Gasteiger partial charge on any atom is -0.297 e. The first-order chi connectivity index (χ1) is 9.34. The van der Waals surface area contributed by atoms with Crippen LogP contribution in [0.3, 0.4) is 0 Å². The zero-order chi connectivity index (χ0) is 14.9. The Labute approximate surface area is 114 Å². The maximum atomic E-state index is 13.8. The van der Waals surface area contributed by atoms with E-state index in [4.69, 9.17) is 5.14 Å². The van der Waals surface area contributed by atoms with E-state index in [1.54, 1.807) is 6.92 Å². The van der Waals surface area contributed by atoms with Crippen molar-refractivity contribution in [3.05, 3.63) is 29.8 Å². The molecule has 0 spiro atoms. The maximum Gasteiger partial charge on any atom is 0.273 e. The molecular formula is C11H12F2N4O2S. The van der Waals surface area contributed by atoms with Gasteiger partial charge in [-0.3, -0.25) is 4.57 Å². The minimum atomic E-state index is -4.07. The molecule has 0 saturated heterocycles. The first kappa shape index (κ1) is 14.5. The van der Waals surface area contributed by atoms with Crippen LogP contribution in [0.25, 0.3) is 11.4 Å². The van der Waals surface area contributed by atoms with Crippen molar-refractivity contribution in [2.75, 3.05) is 0 Å². The third kappa shape index (κ3) is 2.68. The standard InChI is InChI=1S/C11H12F2N4O2S/c1-2-5-17-10(15-16-11(17)20(14,18)19)8-4-3-7(12)6-9(8)13/h3-4,6H,2,5H2,1H3,(H2,14,18,19). The highest BCUT2D eigenvalue weighted by Crippen LogP contribution is 2.24. The smallest absolute Gasteiger partial charge is 0.273 e. The first-order valence-electron chi connectivity index (χ1n) is 5.76. The highest BCUT2D eigenvalue weighted by molar-refractivity contribution is 7.89. The molecule has 0 aliphatic carbocycles. The van der Waals surface area contributed by atoms with Crippen molar-refractivity contribution in [1.82, 2.24) is 14.8 Å². The number of nitrogens with two attached hydrogens (primary N) is 1. The number of primary sulfonamides is 1. The van der Waals surface area contributed by atoms with Gasteiger partial charge in [-0.1, -0.05) is 6.92 Å². The second-order valence-electron chi connectivity index (χ2n) is 4.13. The van der Waals surface area contributed by atoms with Gasteiger partial charge in [0.25, 0.3) is 15.2 Å². The van der Waals surface area contributed by atoms with Crippen molar-refractivity contribution in [2.24, 2.45) is 5.14 Å². The minimum absolute atomic E-state index is 0.00613. The van der Waals surface area contributed by atoms with E-state index in [0.29, 0.717) is 12.5 Å². The lowest BCUT2D eigenvalue weighted by molar-refractivity contribution is 0.556. The number of aromatic nitrogens is 3. The second kappa shape index (κ2) is 5.25. The van der Waals surface area contributed by atoms with Crippen molar-refractivity contribution in [2.45, 2.75) is 25.0 Å². The van der Waals surface area contributed by atoms with Gasteiger partial charge in [-0.2, -0.15) is 0 Å². The van der Waals surface area contributed by atoms with Gasteiger partial charge in [0, 0.05) is 12.6 Å². The number of halogens is 2. The van der Waals surface area contributed by atoms with E-state index in [9.17, 15) is 17.2 Å². The number of sulfonamides is 1. The Morgan fingerprint density at radius 2 is 2.00 bits per heavy atom. The van der Waals surface area contributed by atoms with E-state index in [0.717, 1.165) is 6.07 Å². The molecule has 0 fully saturated rings. The summed E-state index contributed by atoms with van der Waals surface area (Å²) in [5, 5.41) is 11.7. The fraction of sp³-hybridized carbons (Fsp3) is 0.273. The van der Waals surface area contributed by atoms with Gasteiger partial charge in [0.15, 0.2) is 5.82 Å². The Morgan fingerprint density at radius 3 is 2.55 bits per heavy atom. The molecule has 1 aromatic carbocycles. The van der Waals surface area contributed by atoms with Gasteiger partial charge < -0.3 is 0 Å². The molecule has 1 aromatic heterocycles. The Balaban J connectivity index is 2.66. The normalized spacial score (nSPS) is 11.8. The highest BCUT2D eigenvalue weighted by atomic mass is 32.2. The molecule has 0 unspecified atom stereocenters. The van der Waals surface area contributed by atoms with Crippen LogP contribution in [0.1, 0.15) is 13.3 Å². The molecule has 20 heavy (non-hydrogen) atoms. The molecule has 0 saturated carbocycles. The largest absolute Gasteiger partial charge is 0.297 e. The average Bonchev–Trinajstić information content (AvgIpc) is 2.73. The van der Waals surface area contributed by atoms with E-state index in [-0.39, 0.29) is 17.9 Å². The Bertz CT molecular complexity index is 743. The number of benzene rings is 1. The van der Waals surface area contributed by atoms with Crippen LogP contribution in [0.2, 0.25) is 0 Å². The molecule has 9 heteroatoms. The molecule has 0 aliphatic rings. The van der Waals surface area contributed by atoms with E-state index >= 15 is 0 Å². The molecule has 0 aliphatic heterocycles. The lowest BCUT2D eigenvalue weighted by Crippen LogP contribution is -2.19. The predicted octanol–water partition coefficient (Wildman–Crippen LogP) is 1.28. The van der Waals surface area contributed by atoms with Crippen molar-refractivity contribution >= 4 is 10.0 Å². The monoisotopic (exact) mass is 302 g/mol. The number of hydrogen-bond acceptors (Lipinski definition) is 4. The van der Waals surface area contributed by atoms with Gasteiger partial charge in [-0.05, 0) is 18.6 Å². The summed E-state index contributed by atoms with van der Waals surface area (Å²) in [5.41, 5.74) is -0.0396. The molecule has 0 radical (unpaired) electrons. The van der Waals surface area contributed by atoms with Gasteiger partial charge in [0.2, 0.25) is 0 Å². The average molecular weight is 302 g/mol. The van der Waals surface area contributed by atoms with Crippen LogP contribution in [0.5, 0.6) is 0 Å². The van der Waals surface area contributed by atoms with Crippen LogP contribution in [0.15, 0.2) is 23.4 Å². The Morgan fingerprint density at radius 1 is 1.30 bits per heavy atom. The van der Waals surface area contributed by atoms with E-state index in [2.05, 4.69) is 10.2 Å². The molecule has 0 bridgehead atoms. The summed E-state index contributed by atoms with van der Waals surface area (Å²) in [6.45, 7) is 2.04. The van der Waals surface area contributed by atoms with Gasteiger partial charge >= 0.3 is 0 Å². The summed E-state index contributed by atoms with van der Waals surface area (Å²) in [6.07, 6.45) is 0.566. The summed E-state index contributed by atoms with van der Waals surface area (Å²) in [7, 11) is -4.07. The molecule has 6 nitrogen and oxygen atoms in total. The quantitative estimate of drug-likeness (QED) is 0.921. The Kier molecular flexibility index (Phi) is 3.82. The maximum absolute atomic E-state index is 13.8. The molecule has 2 aromatic rings. The lowest BCUT2D eigenvalue weighted by atomic mass is 10.2. The van der Waals surface area contributed by atoms with E-state index in [1.807, 2.05) is 0 Å². The summed E-state index contributed by atoms with van der Waals surface area (Å²) in [5.74, 6) is -1.59. The van der Waals surface area contributed by atoms with Crippen molar-refractivity contribution in [3.8, 4) is 11.4 Å². The molecule has 108 valence electrons. The van der Waals surface area contributed by atoms with Gasteiger partial charge in [0.05, 0.1) is 5.56 Å². The van der Waals surface area contributed by atoms with Crippen molar-refractivity contribution < 1.29 is 17.2 Å². The van der Waals surface area contributed by atoms with Crippen molar-refractivity contribution in [1.29, 1.82) is 0 Å². The van der Waals surface area contributed by atoms with Crippen LogP contribution in [-0.4, -0.2) is 23.2 Å². The third-order valence-corrected chi connectivity index (χ3v) is 3.40. The number of rotatable bonds is 4. The van der Waals surface area contributed by atoms with Crippen LogP contribution < -0.4 is 5.14 Å². The predicted molar refractivity (Wildman–Crippen MR) is 67.0 cm³/mol. The molecule has 0 amide bonds. The van der Waals surface area contributed by atoms with Gasteiger partial charge in [0.1, 0.15) is 11.6 Å². The molecule has 2 rings (SSSR count). The van der Waals surface area contributed by atoms with Crippen LogP contribution in [-0.2, 0) is 16.6 Å². The molecule has 0 atom stereocenters. The summed E-state index contributed by atoms with van der Waals surface area (Å²) in [4.78, 5) is 0. The lowest BCUT2D eigenvalue weighted by Gasteiger charge is -2.08. The molecule has 1 heterocycles. The molecule has 2 N–H and O–H groups in total. The summed E-state index contributed by atoms with van der Waals surface area (Å²) in [6, 6.07) is 2.92. The van der Waals surface area contributed by atoms with E-state index < -0.39 is 26.8 Å². The number of hydrogen-bond donors (Lipinski definition) is 1. The van der Waals surface area contributed by atoms with E-state index in [1.165, 1.54) is 10.6 Å². The zero-order valence-electron chi connectivity index (χ0n) is 10.5. The SMILES string of the molecule is CCCn1c(-c2ccc(F)cc2F)nnc1S(N)(=O)=O. The van der Waals surface area contributed by atoms with Crippen molar-refractivity contribution in [3.63, 3.8) is 0 Å². The van der Waals surface area contributed by atoms with Gasteiger partial charge in [-0.15, -0.1) is 10.2 Å². The van der Waals surface area contributed by atoms with Crippen LogP contribution in [0.4, 0.5) is 8.78 Å². The summed E-state index contributed by atoms with van der Waals surface area (Å²) < 4.78 is 50.7. The summed E-state index contributed by atoms with van der Waals surface area (Å²) >= 11 is 0. The fourth-order valence-corrected chi connectivity index (χ4v) is 2.43. The van der Waals surface area contributed by atoms with Gasteiger partial charge in [-0.25, -0.2) is 22.3 Å². The fourth-order valence-electron chi connectivity index (χ4n) is 1.79.